The number of halogens is 2. The predicted octanol–water partition coefficient (Wildman–Crippen LogP) is 2.47. The van der Waals surface area contributed by atoms with Crippen molar-refractivity contribution in [3.05, 3.63) is 64.4 Å². The summed E-state index contributed by atoms with van der Waals surface area (Å²) in [5, 5.41) is 5.35. The van der Waals surface area contributed by atoms with Gasteiger partial charge in [0.1, 0.15) is 5.82 Å². The molecule has 1 unspecified atom stereocenters. The van der Waals surface area contributed by atoms with E-state index in [0.29, 0.717) is 5.02 Å². The molecule has 0 aromatic heterocycles. The zero-order valence-electron chi connectivity index (χ0n) is 16.2. The quantitative estimate of drug-likeness (QED) is 0.610. The number of benzene rings is 2. The molecular formula is C21H22ClFN4O3. The summed E-state index contributed by atoms with van der Waals surface area (Å²) in [7, 11) is 0. The summed E-state index contributed by atoms with van der Waals surface area (Å²) in [6.07, 6.45) is 2.09. The number of carbonyl (C=O) groups is 3. The highest BCUT2D eigenvalue weighted by atomic mass is 35.5. The topological polar surface area (TPSA) is 105 Å². The Kier molecular flexibility index (Phi) is 7.02. The van der Waals surface area contributed by atoms with Crippen LogP contribution < -0.4 is 16.4 Å². The van der Waals surface area contributed by atoms with Crippen LogP contribution in [-0.4, -0.2) is 42.3 Å². The van der Waals surface area contributed by atoms with Gasteiger partial charge in [-0.05, 0) is 55.8 Å². The summed E-state index contributed by atoms with van der Waals surface area (Å²) in [6, 6.07) is 10.4. The van der Waals surface area contributed by atoms with Gasteiger partial charge in [-0.3, -0.25) is 19.3 Å². The van der Waals surface area contributed by atoms with Gasteiger partial charge >= 0.3 is 11.8 Å². The van der Waals surface area contributed by atoms with Gasteiger partial charge in [0.05, 0.1) is 11.7 Å². The van der Waals surface area contributed by atoms with Gasteiger partial charge in [0, 0.05) is 17.1 Å². The van der Waals surface area contributed by atoms with Crippen LogP contribution in [0.5, 0.6) is 0 Å². The standard InChI is InChI=1S/C21H22ClFN4O3/c22-15-6-2-1-5-14(15)18(27-9-3-4-10-27)12-25-20(29)21(30)26-17-11-13(19(24)28)7-8-16(17)23/h1-2,5-8,11,18H,3-4,9-10,12H2,(H2,24,28)(H,25,29)(H,26,30). The maximum Gasteiger partial charge on any atom is 0.313 e. The largest absolute Gasteiger partial charge is 0.366 e. The van der Waals surface area contributed by atoms with Gasteiger partial charge in [0.25, 0.3) is 0 Å². The fourth-order valence-electron chi connectivity index (χ4n) is 3.46. The van der Waals surface area contributed by atoms with Crippen LogP contribution in [0.2, 0.25) is 5.02 Å². The lowest BCUT2D eigenvalue weighted by molar-refractivity contribution is -0.136. The monoisotopic (exact) mass is 432 g/mol. The number of amides is 3. The minimum absolute atomic E-state index is 0.0138. The van der Waals surface area contributed by atoms with Crippen LogP contribution in [0, 0.1) is 5.82 Å². The van der Waals surface area contributed by atoms with Crippen molar-refractivity contribution in [3.8, 4) is 0 Å². The maximum atomic E-state index is 13.9. The van der Waals surface area contributed by atoms with Crippen molar-refractivity contribution in [2.45, 2.75) is 18.9 Å². The van der Waals surface area contributed by atoms with Crippen molar-refractivity contribution < 1.29 is 18.8 Å². The normalized spacial score (nSPS) is 14.9. The molecule has 1 heterocycles. The molecule has 3 rings (SSSR count). The van der Waals surface area contributed by atoms with Crippen molar-refractivity contribution in [2.24, 2.45) is 5.73 Å². The summed E-state index contributed by atoms with van der Waals surface area (Å²) in [5.41, 5.74) is 5.74. The molecule has 0 spiro atoms. The molecular weight excluding hydrogens is 411 g/mol. The Balaban J connectivity index is 1.68. The number of likely N-dealkylation sites (tertiary alicyclic amines) is 1. The predicted molar refractivity (Wildman–Crippen MR) is 112 cm³/mol. The van der Waals surface area contributed by atoms with Crippen molar-refractivity contribution in [1.82, 2.24) is 10.2 Å². The molecule has 2 aromatic carbocycles. The molecule has 0 saturated carbocycles. The number of nitrogens with two attached hydrogens (primary N) is 1. The number of rotatable bonds is 6. The van der Waals surface area contributed by atoms with Crippen molar-refractivity contribution >= 4 is 35.0 Å². The lowest BCUT2D eigenvalue weighted by atomic mass is 10.1. The van der Waals surface area contributed by atoms with Crippen molar-refractivity contribution in [2.75, 3.05) is 25.0 Å². The lowest BCUT2D eigenvalue weighted by Crippen LogP contribution is -2.41. The number of anilines is 1. The number of hydrogen-bond donors (Lipinski definition) is 3. The summed E-state index contributed by atoms with van der Waals surface area (Å²) < 4.78 is 13.9. The molecule has 7 nitrogen and oxygen atoms in total. The van der Waals surface area contributed by atoms with Crippen LogP contribution in [-0.2, 0) is 9.59 Å². The molecule has 0 bridgehead atoms. The second-order valence-electron chi connectivity index (χ2n) is 7.00. The van der Waals surface area contributed by atoms with Crippen LogP contribution >= 0.6 is 11.6 Å². The summed E-state index contributed by atoms with van der Waals surface area (Å²) in [4.78, 5) is 38.0. The van der Waals surface area contributed by atoms with E-state index in [9.17, 15) is 18.8 Å². The van der Waals surface area contributed by atoms with E-state index in [1.807, 2.05) is 18.2 Å². The van der Waals surface area contributed by atoms with E-state index >= 15 is 0 Å². The summed E-state index contributed by atoms with van der Waals surface area (Å²) in [6.45, 7) is 1.89. The molecule has 9 heteroatoms. The van der Waals surface area contributed by atoms with E-state index in [2.05, 4.69) is 15.5 Å². The Morgan fingerprint density at radius 2 is 1.80 bits per heavy atom. The van der Waals surface area contributed by atoms with Gasteiger partial charge < -0.3 is 16.4 Å². The van der Waals surface area contributed by atoms with Crippen LogP contribution in [0.3, 0.4) is 0 Å². The van der Waals surface area contributed by atoms with Crippen LogP contribution in [0.15, 0.2) is 42.5 Å². The minimum Gasteiger partial charge on any atom is -0.366 e. The van der Waals surface area contributed by atoms with Crippen LogP contribution in [0.25, 0.3) is 0 Å². The molecule has 0 radical (unpaired) electrons. The molecule has 3 amide bonds. The summed E-state index contributed by atoms with van der Waals surface area (Å²) >= 11 is 6.34. The highest BCUT2D eigenvalue weighted by Crippen LogP contribution is 2.29. The van der Waals surface area contributed by atoms with Crippen molar-refractivity contribution in [1.29, 1.82) is 0 Å². The molecule has 1 saturated heterocycles. The fourth-order valence-corrected chi connectivity index (χ4v) is 3.72. The maximum absolute atomic E-state index is 13.9. The van der Waals surface area contributed by atoms with E-state index in [0.717, 1.165) is 43.6 Å². The number of nitrogens with zero attached hydrogens (tertiary/aromatic N) is 1. The Morgan fingerprint density at radius 1 is 1.10 bits per heavy atom. The van der Waals surface area contributed by atoms with Gasteiger partial charge in [-0.15, -0.1) is 0 Å². The van der Waals surface area contributed by atoms with E-state index < -0.39 is 23.5 Å². The zero-order valence-corrected chi connectivity index (χ0v) is 16.9. The summed E-state index contributed by atoms with van der Waals surface area (Å²) in [5.74, 6) is -3.53. The fraction of sp³-hybridized carbons (Fsp3) is 0.286. The Hall–Kier alpha value is -2.97. The minimum atomic E-state index is -1.05. The first kappa shape index (κ1) is 21.7. The highest BCUT2D eigenvalue weighted by molar-refractivity contribution is 6.39. The van der Waals surface area contributed by atoms with Gasteiger partial charge in [0.15, 0.2) is 0 Å². The average Bonchev–Trinajstić information content (AvgIpc) is 3.25. The Bertz CT molecular complexity index is 963. The molecule has 1 aliphatic heterocycles. The molecule has 1 fully saturated rings. The van der Waals surface area contributed by atoms with E-state index in [4.69, 9.17) is 17.3 Å². The number of hydrogen-bond acceptors (Lipinski definition) is 4. The Labute approximate surface area is 178 Å². The molecule has 4 N–H and O–H groups in total. The second kappa shape index (κ2) is 9.69. The van der Waals surface area contributed by atoms with Gasteiger partial charge in [-0.2, -0.15) is 0 Å². The first-order chi connectivity index (χ1) is 14.4. The van der Waals surface area contributed by atoms with Gasteiger partial charge in [-0.25, -0.2) is 4.39 Å². The third-order valence-electron chi connectivity index (χ3n) is 5.01. The third-order valence-corrected chi connectivity index (χ3v) is 5.35. The number of primary amides is 1. The van der Waals surface area contributed by atoms with E-state index in [-0.39, 0.29) is 23.8 Å². The van der Waals surface area contributed by atoms with E-state index in [1.54, 1.807) is 6.07 Å². The van der Waals surface area contributed by atoms with Gasteiger partial charge in [0.2, 0.25) is 5.91 Å². The Morgan fingerprint density at radius 3 is 2.47 bits per heavy atom. The third kappa shape index (κ3) is 5.14. The first-order valence-electron chi connectivity index (χ1n) is 9.54. The van der Waals surface area contributed by atoms with Crippen LogP contribution in [0.4, 0.5) is 10.1 Å². The van der Waals surface area contributed by atoms with Gasteiger partial charge in [-0.1, -0.05) is 29.8 Å². The molecule has 30 heavy (non-hydrogen) atoms. The molecule has 1 atom stereocenters. The molecule has 2 aromatic rings. The molecule has 1 aliphatic rings. The first-order valence-corrected chi connectivity index (χ1v) is 9.91. The second-order valence-corrected chi connectivity index (χ2v) is 7.41. The number of carbonyl (C=O) groups excluding carboxylic acids is 3. The van der Waals surface area contributed by atoms with E-state index in [1.165, 1.54) is 6.07 Å². The van der Waals surface area contributed by atoms with Crippen LogP contribution in [0.1, 0.15) is 34.8 Å². The zero-order chi connectivity index (χ0) is 21.7. The number of nitrogens with one attached hydrogen (secondary N) is 2. The van der Waals surface area contributed by atoms with Crippen molar-refractivity contribution in [3.63, 3.8) is 0 Å². The highest BCUT2D eigenvalue weighted by Gasteiger charge is 2.26. The average molecular weight is 433 g/mol. The molecule has 158 valence electrons. The smallest absolute Gasteiger partial charge is 0.313 e. The molecule has 0 aliphatic carbocycles. The SMILES string of the molecule is NC(=O)c1ccc(F)c(NC(=O)C(=O)NCC(c2ccccc2Cl)N2CCCC2)c1. The lowest BCUT2D eigenvalue weighted by Gasteiger charge is -2.28.